The predicted molar refractivity (Wildman–Crippen MR) is 152 cm³/mol. The van der Waals surface area contributed by atoms with Gasteiger partial charge in [-0.25, -0.2) is 0 Å². The number of hydrogen-bond donors (Lipinski definition) is 4. The molecule has 2 aromatic rings. The van der Waals surface area contributed by atoms with E-state index in [1.807, 2.05) is 13.8 Å². The summed E-state index contributed by atoms with van der Waals surface area (Å²) in [6, 6.07) is 5.47. The molecule has 4 N–H and O–H groups in total. The third kappa shape index (κ3) is 8.02. The number of rotatable bonds is 5. The molecule has 0 saturated heterocycles. The third-order valence-corrected chi connectivity index (χ3v) is 7.77. The summed E-state index contributed by atoms with van der Waals surface area (Å²) in [5, 5.41) is 11.8. The number of fused-ring (bicyclic) bond motifs is 1. The quantitative estimate of drug-likeness (QED) is 0.434. The number of nitrogens with zero attached hydrogens (tertiary/aromatic N) is 2. The van der Waals surface area contributed by atoms with Crippen LogP contribution in [0.2, 0.25) is 0 Å². The Kier molecular flexibility index (Phi) is 10.3. The number of ether oxygens (including phenoxy) is 1. The Morgan fingerprint density at radius 3 is 2.61 bits per heavy atom. The van der Waals surface area contributed by atoms with E-state index in [1.165, 1.54) is 0 Å². The Hall–Kier alpha value is -4.02. The van der Waals surface area contributed by atoms with Gasteiger partial charge in [-0.2, -0.15) is 0 Å². The zero-order valence-electron chi connectivity index (χ0n) is 23.8. The largest absolute Gasteiger partial charge is 0.491 e. The molecule has 4 amide bonds. The number of carbonyl (C=O) groups is 4. The number of carbonyl (C=O) groups excluding carboxylic acids is 4. The van der Waals surface area contributed by atoms with E-state index in [2.05, 4.69) is 31.2 Å². The van der Waals surface area contributed by atoms with Gasteiger partial charge < -0.3 is 26.0 Å². The zero-order valence-corrected chi connectivity index (χ0v) is 23.8. The molecular formula is C30H40N6O5. The van der Waals surface area contributed by atoms with Crippen LogP contribution in [0.15, 0.2) is 42.9 Å². The van der Waals surface area contributed by atoms with Crippen LogP contribution >= 0.6 is 0 Å². The molecular weight excluding hydrogens is 524 g/mol. The second-order valence-electron chi connectivity index (χ2n) is 11.1. The van der Waals surface area contributed by atoms with Gasteiger partial charge in [-0.05, 0) is 37.3 Å². The highest BCUT2D eigenvalue weighted by atomic mass is 16.5. The molecule has 2 heterocycles. The number of aromatic nitrogens is 2. The molecule has 1 aliphatic carbocycles. The van der Waals surface area contributed by atoms with Crippen molar-refractivity contribution >= 4 is 23.6 Å². The molecule has 2 atom stereocenters. The van der Waals surface area contributed by atoms with Crippen LogP contribution in [-0.2, 0) is 20.8 Å². The summed E-state index contributed by atoms with van der Waals surface area (Å²) >= 11 is 0. The van der Waals surface area contributed by atoms with E-state index in [0.717, 1.165) is 25.0 Å². The minimum absolute atomic E-state index is 0.0384. The molecule has 1 aromatic carbocycles. The van der Waals surface area contributed by atoms with Crippen LogP contribution in [0.1, 0.15) is 74.8 Å². The summed E-state index contributed by atoms with van der Waals surface area (Å²) in [6.45, 7) is 4.40. The van der Waals surface area contributed by atoms with Gasteiger partial charge in [0.15, 0.2) is 0 Å². The maximum absolute atomic E-state index is 13.7. The Morgan fingerprint density at radius 2 is 1.88 bits per heavy atom. The average Bonchev–Trinajstić information content (AvgIpc) is 2.97. The van der Waals surface area contributed by atoms with Crippen LogP contribution in [-0.4, -0.2) is 64.4 Å². The lowest BCUT2D eigenvalue weighted by Crippen LogP contribution is -2.62. The van der Waals surface area contributed by atoms with Gasteiger partial charge in [-0.3, -0.25) is 29.1 Å². The van der Waals surface area contributed by atoms with Crippen molar-refractivity contribution in [3.8, 4) is 5.75 Å². The Morgan fingerprint density at radius 1 is 1.10 bits per heavy atom. The van der Waals surface area contributed by atoms with Crippen molar-refractivity contribution in [3.63, 3.8) is 0 Å². The van der Waals surface area contributed by atoms with Gasteiger partial charge in [0.25, 0.3) is 5.91 Å². The van der Waals surface area contributed by atoms with Gasteiger partial charge in [0, 0.05) is 38.0 Å². The number of nitrogens with one attached hydrogen (secondary N) is 4. The Labute approximate surface area is 240 Å². The highest BCUT2D eigenvalue weighted by Gasteiger charge is 2.42. The molecule has 1 saturated carbocycles. The number of para-hydroxylation sites is 1. The second kappa shape index (κ2) is 14.0. The minimum Gasteiger partial charge on any atom is -0.491 e. The molecule has 41 heavy (non-hydrogen) atoms. The van der Waals surface area contributed by atoms with Gasteiger partial charge in [-0.15, -0.1) is 0 Å². The molecule has 1 aliphatic heterocycles. The van der Waals surface area contributed by atoms with Crippen molar-refractivity contribution in [3.05, 3.63) is 54.1 Å². The lowest BCUT2D eigenvalue weighted by Gasteiger charge is -2.38. The molecule has 1 fully saturated rings. The number of benzene rings is 1. The van der Waals surface area contributed by atoms with E-state index < -0.39 is 23.4 Å². The molecule has 4 rings (SSSR count). The lowest BCUT2D eigenvalue weighted by molar-refractivity contribution is -0.136. The summed E-state index contributed by atoms with van der Waals surface area (Å²) in [6.07, 6.45) is 9.02. The fourth-order valence-electron chi connectivity index (χ4n) is 5.24. The van der Waals surface area contributed by atoms with Gasteiger partial charge in [0.05, 0.1) is 17.3 Å². The fourth-order valence-corrected chi connectivity index (χ4v) is 5.24. The fraction of sp³-hybridized carbons (Fsp3) is 0.533. The molecule has 2 aliphatic rings. The van der Waals surface area contributed by atoms with Crippen molar-refractivity contribution in [2.24, 2.45) is 5.92 Å². The van der Waals surface area contributed by atoms with Crippen molar-refractivity contribution in [2.75, 3.05) is 13.2 Å². The van der Waals surface area contributed by atoms with Crippen LogP contribution in [0.3, 0.4) is 0 Å². The first kappa shape index (κ1) is 30.0. The summed E-state index contributed by atoms with van der Waals surface area (Å²) in [7, 11) is 0. The van der Waals surface area contributed by atoms with Crippen molar-refractivity contribution in [2.45, 2.75) is 82.8 Å². The average molecular weight is 565 g/mol. The monoisotopic (exact) mass is 564 g/mol. The second-order valence-corrected chi connectivity index (χ2v) is 11.1. The maximum atomic E-state index is 13.7. The molecule has 220 valence electrons. The standard InChI is InChI=1S/C30H40N6O5/c1-20(2)24-19-41-25-9-5-4-8-22(25)27(38)34-23(28(39)33-15-12-21-18-31-16-17-32-21)10-11-26(37)36-30(29(40)35-24)13-6-3-7-14-30/h4-5,8-9,16-18,20,23-24H,3,6-7,10-15,19H2,1-2H3,(H,33,39)(H,34,38)(H,35,40)(H,36,37)/t23-,24+/m0/s1. The Balaban J connectivity index is 1.58. The smallest absolute Gasteiger partial charge is 0.255 e. The highest BCUT2D eigenvalue weighted by Crippen LogP contribution is 2.29. The van der Waals surface area contributed by atoms with E-state index in [0.29, 0.717) is 25.0 Å². The first-order chi connectivity index (χ1) is 19.8. The van der Waals surface area contributed by atoms with Gasteiger partial charge in [-0.1, -0.05) is 45.2 Å². The van der Waals surface area contributed by atoms with Crippen LogP contribution in [0.5, 0.6) is 5.75 Å². The van der Waals surface area contributed by atoms with E-state index in [1.54, 1.807) is 42.9 Å². The van der Waals surface area contributed by atoms with E-state index in [4.69, 9.17) is 4.74 Å². The lowest BCUT2D eigenvalue weighted by atomic mass is 9.80. The van der Waals surface area contributed by atoms with Gasteiger partial charge >= 0.3 is 0 Å². The van der Waals surface area contributed by atoms with E-state index >= 15 is 0 Å². The molecule has 11 nitrogen and oxygen atoms in total. The van der Waals surface area contributed by atoms with E-state index in [-0.39, 0.29) is 55.3 Å². The molecule has 1 spiro atoms. The molecule has 0 bridgehead atoms. The van der Waals surface area contributed by atoms with Crippen LogP contribution in [0.4, 0.5) is 0 Å². The number of hydrogen-bond acceptors (Lipinski definition) is 7. The topological polar surface area (TPSA) is 151 Å². The van der Waals surface area contributed by atoms with Crippen LogP contribution in [0.25, 0.3) is 0 Å². The first-order valence-electron chi connectivity index (χ1n) is 14.4. The minimum atomic E-state index is -1.02. The van der Waals surface area contributed by atoms with Crippen LogP contribution < -0.4 is 26.0 Å². The number of amides is 4. The predicted octanol–water partition coefficient (Wildman–Crippen LogP) is 2.07. The van der Waals surface area contributed by atoms with Crippen molar-refractivity contribution < 1.29 is 23.9 Å². The van der Waals surface area contributed by atoms with E-state index in [9.17, 15) is 19.2 Å². The molecule has 1 aromatic heterocycles. The summed E-state index contributed by atoms with van der Waals surface area (Å²) in [5.74, 6) is -1.06. The highest BCUT2D eigenvalue weighted by molar-refractivity contribution is 6.00. The van der Waals surface area contributed by atoms with Gasteiger partial charge in [0.1, 0.15) is 23.9 Å². The normalized spacial score (nSPS) is 21.8. The SMILES string of the molecule is CC(C)[C@H]1COc2ccccc2C(=O)N[C@H](C(=O)NCCc2cnccn2)CCC(=O)NC2(CCCCC2)C(=O)N1. The third-order valence-electron chi connectivity index (χ3n) is 7.77. The maximum Gasteiger partial charge on any atom is 0.255 e. The summed E-state index contributed by atoms with van der Waals surface area (Å²) in [5.41, 5.74) is -0.0277. The van der Waals surface area contributed by atoms with Crippen molar-refractivity contribution in [1.82, 2.24) is 31.2 Å². The first-order valence-corrected chi connectivity index (χ1v) is 14.4. The summed E-state index contributed by atoms with van der Waals surface area (Å²) < 4.78 is 6.09. The van der Waals surface area contributed by atoms with Crippen molar-refractivity contribution in [1.29, 1.82) is 0 Å². The Bertz CT molecular complexity index is 1210. The molecule has 11 heteroatoms. The van der Waals surface area contributed by atoms with Crippen LogP contribution in [0, 0.1) is 5.92 Å². The zero-order chi connectivity index (χ0) is 29.2. The molecule has 0 radical (unpaired) electrons. The molecule has 0 unspecified atom stereocenters. The van der Waals surface area contributed by atoms with Gasteiger partial charge in [0.2, 0.25) is 17.7 Å². The summed E-state index contributed by atoms with van der Waals surface area (Å²) in [4.78, 5) is 61.7.